The molecule has 1 aliphatic rings. The lowest BCUT2D eigenvalue weighted by atomic mass is 10.0. The summed E-state index contributed by atoms with van der Waals surface area (Å²) in [4.78, 5) is 34.1. The maximum atomic E-state index is 12.7. The van der Waals surface area contributed by atoms with Gasteiger partial charge in [-0.3, -0.25) is 9.59 Å². The van der Waals surface area contributed by atoms with E-state index in [0.717, 1.165) is 12.2 Å². The predicted molar refractivity (Wildman–Crippen MR) is 89.0 cm³/mol. The van der Waals surface area contributed by atoms with Crippen LogP contribution in [0.25, 0.3) is 0 Å². The summed E-state index contributed by atoms with van der Waals surface area (Å²) in [6.07, 6.45) is 2.56. The van der Waals surface area contributed by atoms with Crippen LogP contribution in [0.3, 0.4) is 0 Å². The summed E-state index contributed by atoms with van der Waals surface area (Å²) in [7, 11) is 0. The van der Waals surface area contributed by atoms with Crippen LogP contribution in [0, 0.1) is 0 Å². The maximum absolute atomic E-state index is 12.7. The van der Waals surface area contributed by atoms with Crippen LogP contribution in [0.5, 0.6) is 0 Å². The number of aromatic amines is 1. The molecule has 1 amide bonds. The minimum Gasteiger partial charge on any atom is -0.377 e. The van der Waals surface area contributed by atoms with Crippen molar-refractivity contribution in [3.05, 3.63) is 53.6 Å². The van der Waals surface area contributed by atoms with Gasteiger partial charge in [0.2, 0.25) is 0 Å². The van der Waals surface area contributed by atoms with Gasteiger partial charge in [0.1, 0.15) is 11.5 Å². The zero-order valence-corrected chi connectivity index (χ0v) is 13.7. The minimum atomic E-state index is -0.257. The van der Waals surface area contributed by atoms with Gasteiger partial charge < -0.3 is 14.6 Å². The number of hydrogen-bond donors (Lipinski definition) is 1. The van der Waals surface area contributed by atoms with Gasteiger partial charge in [-0.05, 0) is 0 Å². The number of H-pyrrole nitrogens is 1. The van der Waals surface area contributed by atoms with Gasteiger partial charge in [-0.2, -0.15) is 0 Å². The Kier molecular flexibility index (Phi) is 5.05. The summed E-state index contributed by atoms with van der Waals surface area (Å²) in [5, 5.41) is 0. The van der Waals surface area contributed by atoms with Crippen molar-refractivity contribution in [3.63, 3.8) is 0 Å². The number of nitrogens with zero attached hydrogens (tertiary/aromatic N) is 2. The first-order valence-corrected chi connectivity index (χ1v) is 8.20. The summed E-state index contributed by atoms with van der Waals surface area (Å²) in [6, 6.07) is 8.88. The lowest BCUT2D eigenvalue weighted by Gasteiger charge is -2.35. The Morgan fingerprint density at radius 3 is 2.83 bits per heavy atom. The average Bonchev–Trinajstić information content (AvgIpc) is 3.11. The highest BCUT2D eigenvalue weighted by Crippen LogP contribution is 2.17. The zero-order chi connectivity index (χ0) is 16.9. The normalized spacial score (nSPS) is 17.7. The average molecular weight is 327 g/mol. The monoisotopic (exact) mass is 327 g/mol. The molecule has 1 aromatic heterocycles. The van der Waals surface area contributed by atoms with E-state index in [1.807, 2.05) is 25.1 Å². The van der Waals surface area contributed by atoms with E-state index >= 15 is 0 Å². The Balaban J connectivity index is 1.73. The van der Waals surface area contributed by atoms with Crippen molar-refractivity contribution in [1.82, 2.24) is 14.9 Å². The van der Waals surface area contributed by atoms with Crippen molar-refractivity contribution in [2.24, 2.45) is 0 Å². The quantitative estimate of drug-likeness (QED) is 0.853. The van der Waals surface area contributed by atoms with Gasteiger partial charge >= 0.3 is 0 Å². The molecule has 3 rings (SSSR count). The Morgan fingerprint density at radius 1 is 1.33 bits per heavy atom. The number of hydrogen-bond acceptors (Lipinski definition) is 4. The van der Waals surface area contributed by atoms with Crippen LogP contribution in [0.2, 0.25) is 0 Å². The third-order valence-electron chi connectivity index (χ3n) is 4.20. The molecule has 1 saturated heterocycles. The molecule has 1 atom stereocenters. The molecule has 2 aromatic rings. The molecule has 1 N–H and O–H groups in total. The molecule has 0 spiro atoms. The van der Waals surface area contributed by atoms with Crippen molar-refractivity contribution in [3.8, 4) is 0 Å². The molecule has 1 aliphatic heterocycles. The Bertz CT molecular complexity index is 711. The second-order valence-electron chi connectivity index (χ2n) is 5.82. The predicted octanol–water partition coefficient (Wildman–Crippen LogP) is 2.09. The number of ketones is 1. The van der Waals surface area contributed by atoms with E-state index in [1.165, 1.54) is 0 Å². The number of amides is 1. The number of carbonyl (C=O) groups excluding carboxylic acids is 2. The standard InChI is InChI=1S/C18H21N3O3/c1-2-17-19-11-15(20-17)18(23)21-8-9-24-12-14(21)10-16(22)13-6-4-3-5-7-13/h3-7,11,14H,2,8-10,12H2,1H3,(H,19,20)/t14-/m0/s1. The molecular formula is C18H21N3O3. The first-order valence-electron chi connectivity index (χ1n) is 8.20. The summed E-state index contributed by atoms with van der Waals surface area (Å²) < 4.78 is 5.49. The number of aromatic nitrogens is 2. The van der Waals surface area contributed by atoms with Crippen LogP contribution in [-0.2, 0) is 11.2 Å². The third kappa shape index (κ3) is 3.54. The Hall–Kier alpha value is -2.47. The van der Waals surface area contributed by atoms with Crippen LogP contribution in [0.15, 0.2) is 36.5 Å². The molecule has 0 unspecified atom stereocenters. The number of rotatable bonds is 5. The number of benzene rings is 1. The van der Waals surface area contributed by atoms with E-state index < -0.39 is 0 Å². The van der Waals surface area contributed by atoms with Gasteiger partial charge in [0.25, 0.3) is 5.91 Å². The van der Waals surface area contributed by atoms with E-state index in [-0.39, 0.29) is 24.2 Å². The van der Waals surface area contributed by atoms with Gasteiger partial charge in [-0.15, -0.1) is 0 Å². The molecule has 0 saturated carbocycles. The number of nitrogens with one attached hydrogen (secondary N) is 1. The van der Waals surface area contributed by atoms with E-state index in [9.17, 15) is 9.59 Å². The smallest absolute Gasteiger partial charge is 0.272 e. The summed E-state index contributed by atoms with van der Waals surface area (Å²) in [5.74, 6) is 0.669. The Labute approximate surface area is 140 Å². The molecule has 0 radical (unpaired) electrons. The molecule has 6 nitrogen and oxygen atoms in total. The second kappa shape index (κ2) is 7.40. The molecule has 0 bridgehead atoms. The first-order chi connectivity index (χ1) is 11.7. The molecule has 6 heteroatoms. The highest BCUT2D eigenvalue weighted by molar-refractivity contribution is 5.97. The fraction of sp³-hybridized carbons (Fsp3) is 0.389. The van der Waals surface area contributed by atoms with Crippen molar-refractivity contribution in [1.29, 1.82) is 0 Å². The van der Waals surface area contributed by atoms with E-state index in [0.29, 0.717) is 31.0 Å². The zero-order valence-electron chi connectivity index (χ0n) is 13.7. The number of morpholine rings is 1. The minimum absolute atomic E-state index is 0.0164. The van der Waals surface area contributed by atoms with Crippen molar-refractivity contribution in [2.75, 3.05) is 19.8 Å². The summed E-state index contributed by atoms with van der Waals surface area (Å²) in [6.45, 7) is 3.31. The molecular weight excluding hydrogens is 306 g/mol. The molecule has 126 valence electrons. The van der Waals surface area contributed by atoms with Crippen LogP contribution >= 0.6 is 0 Å². The number of carbonyl (C=O) groups is 2. The topological polar surface area (TPSA) is 75.3 Å². The van der Waals surface area contributed by atoms with Crippen molar-refractivity contribution >= 4 is 11.7 Å². The highest BCUT2D eigenvalue weighted by atomic mass is 16.5. The summed E-state index contributed by atoms with van der Waals surface area (Å²) >= 11 is 0. The van der Waals surface area contributed by atoms with E-state index in [1.54, 1.807) is 23.2 Å². The lowest BCUT2D eigenvalue weighted by Crippen LogP contribution is -2.49. The van der Waals surface area contributed by atoms with Crippen LogP contribution in [0.4, 0.5) is 0 Å². The third-order valence-corrected chi connectivity index (χ3v) is 4.20. The number of ether oxygens (including phenoxy) is 1. The van der Waals surface area contributed by atoms with Gasteiger partial charge in [-0.1, -0.05) is 37.3 Å². The number of aryl methyl sites for hydroxylation is 1. The molecule has 24 heavy (non-hydrogen) atoms. The summed E-state index contributed by atoms with van der Waals surface area (Å²) in [5.41, 5.74) is 1.12. The van der Waals surface area contributed by atoms with Crippen LogP contribution in [-0.4, -0.2) is 52.4 Å². The van der Waals surface area contributed by atoms with Crippen molar-refractivity contribution < 1.29 is 14.3 Å². The van der Waals surface area contributed by atoms with E-state index in [4.69, 9.17) is 4.74 Å². The molecule has 2 heterocycles. The lowest BCUT2D eigenvalue weighted by molar-refractivity contribution is -0.00308. The Morgan fingerprint density at radius 2 is 2.12 bits per heavy atom. The van der Waals surface area contributed by atoms with Gasteiger partial charge in [0.05, 0.1) is 25.5 Å². The number of Topliss-reactive ketones (excluding diaryl/α,β-unsaturated/α-hetero) is 1. The highest BCUT2D eigenvalue weighted by Gasteiger charge is 2.30. The molecule has 1 fully saturated rings. The van der Waals surface area contributed by atoms with Gasteiger partial charge in [0.15, 0.2) is 5.78 Å². The van der Waals surface area contributed by atoms with Crippen LogP contribution < -0.4 is 0 Å². The first kappa shape index (κ1) is 16.4. The van der Waals surface area contributed by atoms with Crippen LogP contribution in [0.1, 0.15) is 40.0 Å². The SMILES string of the molecule is CCc1ncc(C(=O)N2CCOC[C@@H]2CC(=O)c2ccccc2)[nH]1. The second-order valence-corrected chi connectivity index (χ2v) is 5.82. The largest absolute Gasteiger partial charge is 0.377 e. The van der Waals surface area contributed by atoms with E-state index in [2.05, 4.69) is 9.97 Å². The van der Waals surface area contributed by atoms with Gasteiger partial charge in [0, 0.05) is 24.9 Å². The molecule has 1 aromatic carbocycles. The van der Waals surface area contributed by atoms with Gasteiger partial charge in [-0.25, -0.2) is 4.98 Å². The van der Waals surface area contributed by atoms with Crippen molar-refractivity contribution in [2.45, 2.75) is 25.8 Å². The molecule has 0 aliphatic carbocycles. The fourth-order valence-corrected chi connectivity index (χ4v) is 2.85. The maximum Gasteiger partial charge on any atom is 0.272 e. The fourth-order valence-electron chi connectivity index (χ4n) is 2.85. The number of imidazole rings is 1.